The van der Waals surface area contributed by atoms with Crippen molar-refractivity contribution in [2.75, 3.05) is 12.8 Å². The fraction of sp³-hybridized carbons (Fsp3) is 0.500. The summed E-state index contributed by atoms with van der Waals surface area (Å²) in [5.74, 6) is 0.343. The molecule has 2 unspecified atom stereocenters. The van der Waals surface area contributed by atoms with Crippen LogP contribution in [-0.4, -0.2) is 27.7 Å². The van der Waals surface area contributed by atoms with Gasteiger partial charge in [-0.25, -0.2) is 8.88 Å². The highest BCUT2D eigenvalue weighted by molar-refractivity contribution is 8.46. The molecular weight excluding hydrogens is 269 g/mol. The Hall–Kier alpha value is -0.480. The van der Waals surface area contributed by atoms with Crippen molar-refractivity contribution in [1.29, 1.82) is 0 Å². The van der Waals surface area contributed by atoms with Gasteiger partial charge in [-0.1, -0.05) is 37.3 Å². The molecule has 1 fully saturated rings. The third-order valence-electron chi connectivity index (χ3n) is 3.29. The van der Waals surface area contributed by atoms with E-state index in [2.05, 4.69) is 0 Å². The zero-order chi connectivity index (χ0) is 13.3. The van der Waals surface area contributed by atoms with Crippen LogP contribution in [0.2, 0.25) is 0 Å². The summed E-state index contributed by atoms with van der Waals surface area (Å²) >= 11 is 0. The van der Waals surface area contributed by atoms with Crippen molar-refractivity contribution in [1.82, 2.24) is 4.67 Å². The molecule has 1 heterocycles. The highest BCUT2D eigenvalue weighted by Crippen LogP contribution is 2.64. The molecule has 0 aliphatic carbocycles. The van der Waals surface area contributed by atoms with Crippen LogP contribution in [0.5, 0.6) is 0 Å². The van der Waals surface area contributed by atoms with E-state index in [9.17, 15) is 8.77 Å². The van der Waals surface area contributed by atoms with E-state index in [1.165, 1.54) is 0 Å². The Labute approximate surface area is 110 Å². The smallest absolute Gasteiger partial charge is 0.298 e. The fourth-order valence-electron chi connectivity index (χ4n) is 2.06. The van der Waals surface area contributed by atoms with Crippen LogP contribution in [0.4, 0.5) is 0 Å². The van der Waals surface area contributed by atoms with Gasteiger partial charge < -0.3 is 0 Å². The largest absolute Gasteiger partial charge is 0.359 e. The SMILES string of the molecule is CCS(=O)P1(=O)O[C@H](c2ccccc2)[C@H](C)N1C. The first-order chi connectivity index (χ1) is 8.50. The Morgan fingerprint density at radius 2 is 2.00 bits per heavy atom. The van der Waals surface area contributed by atoms with Crippen LogP contribution in [0, 0.1) is 0 Å². The molecule has 0 saturated carbocycles. The van der Waals surface area contributed by atoms with E-state index in [4.69, 9.17) is 4.52 Å². The van der Waals surface area contributed by atoms with Gasteiger partial charge in [0.15, 0.2) is 0 Å². The number of hydrogen-bond acceptors (Lipinski definition) is 3. The molecule has 1 saturated heterocycles. The predicted molar refractivity (Wildman–Crippen MR) is 73.8 cm³/mol. The van der Waals surface area contributed by atoms with E-state index < -0.39 is 17.1 Å². The standard InChI is InChI=1S/C12H18NO3PS/c1-4-18(15)17(14)13(3)10(2)12(16-17)11-8-6-5-7-9-11/h5-10,12H,4H2,1-3H3/t10-,12-,17?,18?/m0/s1. The zero-order valence-electron chi connectivity index (χ0n) is 10.8. The average Bonchev–Trinajstić information content (AvgIpc) is 2.64. The molecule has 4 atom stereocenters. The Morgan fingerprint density at radius 3 is 2.56 bits per heavy atom. The maximum atomic E-state index is 12.7. The first-order valence-corrected chi connectivity index (χ1v) is 9.46. The normalized spacial score (nSPS) is 34.6. The van der Waals surface area contributed by atoms with E-state index in [0.717, 1.165) is 5.56 Å². The monoisotopic (exact) mass is 287 g/mol. The van der Waals surface area contributed by atoms with E-state index in [0.29, 0.717) is 5.75 Å². The molecule has 1 aromatic carbocycles. The van der Waals surface area contributed by atoms with Gasteiger partial charge in [-0.15, -0.1) is 0 Å². The first kappa shape index (κ1) is 13.9. The minimum absolute atomic E-state index is 0.0475. The number of rotatable bonds is 3. The molecule has 0 N–H and O–H groups in total. The average molecular weight is 287 g/mol. The van der Waals surface area contributed by atoms with Crippen molar-refractivity contribution >= 4 is 17.1 Å². The van der Waals surface area contributed by atoms with Gasteiger partial charge in [0, 0.05) is 11.8 Å². The quantitative estimate of drug-likeness (QED) is 0.802. The number of nitrogens with zero attached hydrogens (tertiary/aromatic N) is 1. The molecule has 0 bridgehead atoms. The lowest BCUT2D eigenvalue weighted by molar-refractivity contribution is 0.213. The summed E-state index contributed by atoms with van der Waals surface area (Å²) < 4.78 is 32.0. The second-order valence-corrected chi connectivity index (χ2v) is 9.94. The second-order valence-electron chi connectivity index (χ2n) is 4.33. The van der Waals surface area contributed by atoms with E-state index in [1.807, 2.05) is 37.3 Å². The topological polar surface area (TPSA) is 46.6 Å². The number of likely N-dealkylation sites (N-methyl/N-ethyl adjacent to an activating group) is 1. The van der Waals surface area contributed by atoms with Crippen LogP contribution in [0.25, 0.3) is 0 Å². The minimum Gasteiger partial charge on any atom is -0.298 e. The van der Waals surface area contributed by atoms with Crippen molar-refractivity contribution in [2.45, 2.75) is 26.0 Å². The van der Waals surface area contributed by atoms with Gasteiger partial charge in [0.05, 0.1) is 0 Å². The maximum absolute atomic E-state index is 12.7. The van der Waals surface area contributed by atoms with Crippen LogP contribution in [0.1, 0.15) is 25.5 Å². The first-order valence-electron chi connectivity index (χ1n) is 5.96. The van der Waals surface area contributed by atoms with Gasteiger partial charge in [0.1, 0.15) is 16.5 Å². The predicted octanol–water partition coefficient (Wildman–Crippen LogP) is 2.95. The second kappa shape index (κ2) is 5.25. The molecule has 18 heavy (non-hydrogen) atoms. The lowest BCUT2D eigenvalue weighted by Crippen LogP contribution is -2.24. The van der Waals surface area contributed by atoms with E-state index >= 15 is 0 Å². The highest BCUT2D eigenvalue weighted by atomic mass is 32.8. The van der Waals surface area contributed by atoms with Crippen molar-refractivity contribution in [3.8, 4) is 0 Å². The summed E-state index contributed by atoms with van der Waals surface area (Å²) in [5, 5.41) is 0. The summed E-state index contributed by atoms with van der Waals surface area (Å²) in [6.07, 6.45) is -0.280. The maximum Gasteiger partial charge on any atom is 0.359 e. The molecule has 1 aromatic rings. The number of hydrogen-bond donors (Lipinski definition) is 0. The third-order valence-corrected chi connectivity index (χ3v) is 9.28. The summed E-state index contributed by atoms with van der Waals surface area (Å²) in [4.78, 5) is 0. The molecule has 1 aliphatic heterocycles. The minimum atomic E-state index is -3.22. The third kappa shape index (κ3) is 2.21. The van der Waals surface area contributed by atoms with Crippen molar-refractivity contribution < 1.29 is 13.3 Å². The molecule has 0 radical (unpaired) electrons. The zero-order valence-corrected chi connectivity index (χ0v) is 12.5. The lowest BCUT2D eigenvalue weighted by atomic mass is 10.0. The lowest BCUT2D eigenvalue weighted by Gasteiger charge is -2.19. The van der Waals surface area contributed by atoms with Gasteiger partial charge in [-0.3, -0.25) is 9.09 Å². The molecule has 0 spiro atoms. The molecule has 0 aromatic heterocycles. The summed E-state index contributed by atoms with van der Waals surface area (Å²) in [5.41, 5.74) is 0.975. The van der Waals surface area contributed by atoms with Crippen LogP contribution in [-0.2, 0) is 19.5 Å². The molecular formula is C12H18NO3PS. The van der Waals surface area contributed by atoms with Crippen LogP contribution in [0.3, 0.4) is 0 Å². The van der Waals surface area contributed by atoms with Gasteiger partial charge in [0.2, 0.25) is 0 Å². The summed E-state index contributed by atoms with van der Waals surface area (Å²) in [7, 11) is 0.270. The van der Waals surface area contributed by atoms with Crippen LogP contribution < -0.4 is 0 Å². The Kier molecular flexibility index (Phi) is 4.07. The molecule has 100 valence electrons. The Balaban J connectivity index is 2.34. The van der Waals surface area contributed by atoms with Crippen molar-refractivity contribution in [3.05, 3.63) is 35.9 Å². The molecule has 0 amide bonds. The highest BCUT2D eigenvalue weighted by Gasteiger charge is 2.50. The number of benzene rings is 1. The van der Waals surface area contributed by atoms with Crippen LogP contribution >= 0.6 is 6.72 Å². The fourth-order valence-corrected chi connectivity index (χ4v) is 6.93. The van der Waals surface area contributed by atoms with Gasteiger partial charge in [-0.05, 0) is 19.5 Å². The molecule has 1 aliphatic rings. The molecule has 4 nitrogen and oxygen atoms in total. The van der Waals surface area contributed by atoms with Crippen molar-refractivity contribution in [3.63, 3.8) is 0 Å². The molecule has 2 rings (SSSR count). The van der Waals surface area contributed by atoms with E-state index in [1.54, 1.807) is 18.6 Å². The Morgan fingerprint density at radius 1 is 1.39 bits per heavy atom. The van der Waals surface area contributed by atoms with Gasteiger partial charge >= 0.3 is 6.72 Å². The van der Waals surface area contributed by atoms with Crippen LogP contribution in [0.15, 0.2) is 30.3 Å². The van der Waals surface area contributed by atoms with Gasteiger partial charge in [-0.2, -0.15) is 0 Å². The van der Waals surface area contributed by atoms with E-state index in [-0.39, 0.29) is 12.1 Å². The van der Waals surface area contributed by atoms with Crippen molar-refractivity contribution in [2.24, 2.45) is 0 Å². The summed E-state index contributed by atoms with van der Waals surface area (Å²) in [6, 6.07) is 9.61. The summed E-state index contributed by atoms with van der Waals surface area (Å²) in [6.45, 7) is 0.482. The Bertz CT molecular complexity index is 493. The molecule has 6 heteroatoms. The van der Waals surface area contributed by atoms with Gasteiger partial charge in [0.25, 0.3) is 0 Å².